The van der Waals surface area contributed by atoms with E-state index < -0.39 is 12.0 Å². The lowest BCUT2D eigenvalue weighted by Gasteiger charge is -2.18. The Kier molecular flexibility index (Phi) is 8.78. The van der Waals surface area contributed by atoms with E-state index >= 15 is 0 Å². The van der Waals surface area contributed by atoms with E-state index in [0.717, 1.165) is 5.56 Å². The number of nitrogens with one attached hydrogen (secondary N) is 1. The lowest BCUT2D eigenvalue weighted by Crippen LogP contribution is -2.15. The van der Waals surface area contributed by atoms with Crippen molar-refractivity contribution in [3.63, 3.8) is 0 Å². The molecule has 1 amide bonds. The fourth-order valence-corrected chi connectivity index (χ4v) is 2.14. The van der Waals surface area contributed by atoms with Crippen LogP contribution in [0.5, 0.6) is 5.75 Å². The molecule has 6 nitrogen and oxygen atoms in total. The lowest BCUT2D eigenvalue weighted by atomic mass is 9.94. The Morgan fingerprint density at radius 2 is 2.00 bits per heavy atom. The van der Waals surface area contributed by atoms with Crippen molar-refractivity contribution < 1.29 is 25.0 Å². The number of hydroxylamine groups is 1. The van der Waals surface area contributed by atoms with Gasteiger partial charge in [0.1, 0.15) is 12.4 Å². The molecule has 132 valence electrons. The highest BCUT2D eigenvalue weighted by Crippen LogP contribution is 2.26. The van der Waals surface area contributed by atoms with Crippen molar-refractivity contribution in [2.45, 2.75) is 26.4 Å². The Morgan fingerprint density at radius 3 is 2.58 bits per heavy atom. The van der Waals surface area contributed by atoms with Crippen LogP contribution in [0.4, 0.5) is 0 Å². The molecule has 0 spiro atoms. The first kappa shape index (κ1) is 19.9. The fraction of sp³-hybridized carbons (Fsp3) is 0.389. The van der Waals surface area contributed by atoms with Gasteiger partial charge in [-0.1, -0.05) is 31.2 Å². The second-order valence-electron chi connectivity index (χ2n) is 5.57. The van der Waals surface area contributed by atoms with Gasteiger partial charge in [-0.2, -0.15) is 0 Å². The molecule has 1 aromatic rings. The quantitative estimate of drug-likeness (QED) is 0.240. The summed E-state index contributed by atoms with van der Waals surface area (Å²) < 4.78 is 5.28. The first-order valence-electron chi connectivity index (χ1n) is 7.78. The first-order chi connectivity index (χ1) is 11.5. The first-order valence-corrected chi connectivity index (χ1v) is 7.78. The van der Waals surface area contributed by atoms with Gasteiger partial charge in [-0.05, 0) is 42.5 Å². The minimum atomic E-state index is -0.619. The smallest absolute Gasteiger partial charge is 0.267 e. The van der Waals surface area contributed by atoms with E-state index in [9.17, 15) is 9.90 Å². The van der Waals surface area contributed by atoms with Crippen LogP contribution in [-0.2, 0) is 4.79 Å². The number of carbonyl (C=O) groups excluding carboxylic acids is 1. The Balaban J connectivity index is 2.56. The number of carbonyl (C=O) groups is 1. The molecule has 0 saturated heterocycles. The zero-order chi connectivity index (χ0) is 17.9. The molecule has 0 heterocycles. The van der Waals surface area contributed by atoms with E-state index in [0.29, 0.717) is 17.7 Å². The van der Waals surface area contributed by atoms with E-state index in [1.807, 2.05) is 13.0 Å². The molecule has 0 bridgehead atoms. The number of allylic oxidation sites excluding steroid dienone is 3. The molecule has 1 rings (SSSR count). The molecular weight excluding hydrogens is 310 g/mol. The van der Waals surface area contributed by atoms with Gasteiger partial charge >= 0.3 is 0 Å². The second-order valence-corrected chi connectivity index (χ2v) is 5.57. The van der Waals surface area contributed by atoms with E-state index in [-0.39, 0.29) is 19.1 Å². The van der Waals surface area contributed by atoms with Crippen LogP contribution in [0.25, 0.3) is 0 Å². The second kappa shape index (κ2) is 10.6. The minimum absolute atomic E-state index is 0.00933. The van der Waals surface area contributed by atoms with Gasteiger partial charge in [-0.25, -0.2) is 5.48 Å². The minimum Gasteiger partial charge on any atom is -0.491 e. The molecule has 0 aliphatic rings. The molecular formula is C18H25NO5. The third kappa shape index (κ3) is 6.95. The third-order valence-corrected chi connectivity index (χ3v) is 3.48. The normalized spacial score (nSPS) is 14.5. The van der Waals surface area contributed by atoms with Gasteiger partial charge < -0.3 is 14.9 Å². The van der Waals surface area contributed by atoms with Crippen molar-refractivity contribution in [1.29, 1.82) is 0 Å². The molecule has 6 heteroatoms. The highest BCUT2D eigenvalue weighted by atomic mass is 16.5. The topological polar surface area (TPSA) is 99.0 Å². The largest absolute Gasteiger partial charge is 0.491 e. The van der Waals surface area contributed by atoms with E-state index in [2.05, 4.69) is 0 Å². The van der Waals surface area contributed by atoms with Gasteiger partial charge in [-0.3, -0.25) is 10.0 Å². The maximum atomic E-state index is 11.0. The molecule has 0 radical (unpaired) electrons. The number of hydrogen-bond donors (Lipinski definition) is 4. The summed E-state index contributed by atoms with van der Waals surface area (Å²) in [7, 11) is 0. The SMILES string of the molecule is CC(/C=C/C[C@H](C)[C@@H](O)c1ccc(OCCO)cc1)=C\C(=O)NO. The van der Waals surface area contributed by atoms with Gasteiger partial charge in [-0.15, -0.1) is 0 Å². The van der Waals surface area contributed by atoms with Gasteiger partial charge in [0, 0.05) is 6.08 Å². The molecule has 0 saturated carbocycles. The molecule has 1 aromatic carbocycles. The van der Waals surface area contributed by atoms with Crippen LogP contribution in [0.15, 0.2) is 48.1 Å². The van der Waals surface area contributed by atoms with Gasteiger partial charge in [0.25, 0.3) is 5.91 Å². The summed E-state index contributed by atoms with van der Waals surface area (Å²) >= 11 is 0. The highest BCUT2D eigenvalue weighted by molar-refractivity contribution is 5.87. The summed E-state index contributed by atoms with van der Waals surface area (Å²) in [4.78, 5) is 11.0. The van der Waals surface area contributed by atoms with Crippen molar-refractivity contribution in [2.24, 2.45) is 5.92 Å². The van der Waals surface area contributed by atoms with Gasteiger partial charge in [0.15, 0.2) is 0 Å². The summed E-state index contributed by atoms with van der Waals surface area (Å²) in [5.74, 6) is 0.0640. The van der Waals surface area contributed by atoms with Crippen LogP contribution < -0.4 is 10.2 Å². The molecule has 0 fully saturated rings. The Morgan fingerprint density at radius 1 is 1.33 bits per heavy atom. The van der Waals surface area contributed by atoms with E-state index in [1.165, 1.54) is 11.6 Å². The molecule has 0 aliphatic carbocycles. The molecule has 0 aliphatic heterocycles. The summed E-state index contributed by atoms with van der Waals surface area (Å²) in [5, 5.41) is 27.5. The van der Waals surface area contributed by atoms with Crippen LogP contribution in [0.3, 0.4) is 0 Å². The predicted molar refractivity (Wildman–Crippen MR) is 90.6 cm³/mol. The van der Waals surface area contributed by atoms with Crippen molar-refractivity contribution in [3.8, 4) is 5.75 Å². The van der Waals surface area contributed by atoms with Crippen molar-refractivity contribution >= 4 is 5.91 Å². The van der Waals surface area contributed by atoms with Crippen LogP contribution >= 0.6 is 0 Å². The van der Waals surface area contributed by atoms with E-state index in [1.54, 1.807) is 37.3 Å². The average molecular weight is 335 g/mol. The summed E-state index contributed by atoms with van der Waals surface area (Å²) in [5.41, 5.74) is 3.03. The number of ether oxygens (including phenoxy) is 1. The Labute approximate surface area is 142 Å². The standard InChI is InChI=1S/C18H25NO5/c1-13(12-17(21)19-23)4-3-5-14(2)18(22)15-6-8-16(9-7-15)24-11-10-20/h3-4,6-9,12,14,18,20,22-23H,5,10-11H2,1-2H3,(H,19,21)/b4-3+,13-12+/t14-,18+/m0/s1. The zero-order valence-electron chi connectivity index (χ0n) is 14.0. The highest BCUT2D eigenvalue weighted by Gasteiger charge is 2.15. The maximum absolute atomic E-state index is 11.0. The van der Waals surface area contributed by atoms with Crippen molar-refractivity contribution in [1.82, 2.24) is 5.48 Å². The van der Waals surface area contributed by atoms with Crippen LogP contribution in [0.1, 0.15) is 31.9 Å². The number of benzene rings is 1. The summed E-state index contributed by atoms with van der Waals surface area (Å²) in [6.07, 6.45) is 4.94. The molecule has 0 unspecified atom stereocenters. The zero-order valence-corrected chi connectivity index (χ0v) is 14.0. The van der Waals surface area contributed by atoms with E-state index in [4.69, 9.17) is 15.1 Å². The number of hydrogen-bond acceptors (Lipinski definition) is 5. The average Bonchev–Trinajstić information content (AvgIpc) is 2.59. The van der Waals surface area contributed by atoms with Crippen LogP contribution in [0.2, 0.25) is 0 Å². The third-order valence-electron chi connectivity index (χ3n) is 3.48. The number of rotatable bonds is 9. The molecule has 2 atom stereocenters. The maximum Gasteiger partial charge on any atom is 0.267 e. The summed E-state index contributed by atoms with van der Waals surface area (Å²) in [6.45, 7) is 3.88. The van der Waals surface area contributed by atoms with Crippen LogP contribution in [-0.4, -0.2) is 34.5 Å². The van der Waals surface area contributed by atoms with Crippen LogP contribution in [0, 0.1) is 5.92 Å². The van der Waals surface area contributed by atoms with Crippen molar-refractivity contribution in [3.05, 3.63) is 53.6 Å². The summed E-state index contributed by atoms with van der Waals surface area (Å²) in [6, 6.07) is 7.12. The number of aliphatic hydroxyl groups is 2. The molecule has 4 N–H and O–H groups in total. The van der Waals surface area contributed by atoms with Crippen molar-refractivity contribution in [2.75, 3.05) is 13.2 Å². The van der Waals surface area contributed by atoms with Gasteiger partial charge in [0.2, 0.25) is 0 Å². The Bertz CT molecular complexity index is 565. The number of amides is 1. The van der Waals surface area contributed by atoms with Gasteiger partial charge in [0.05, 0.1) is 12.7 Å². The monoisotopic (exact) mass is 335 g/mol. The predicted octanol–water partition coefficient (Wildman–Crippen LogP) is 2.13. The lowest BCUT2D eigenvalue weighted by molar-refractivity contribution is -0.124. The molecule has 24 heavy (non-hydrogen) atoms. The Hall–Kier alpha value is -2.15. The fourth-order valence-electron chi connectivity index (χ4n) is 2.14. The molecule has 0 aromatic heterocycles. The number of aliphatic hydroxyl groups excluding tert-OH is 2.